The average molecular weight is 321 g/mol. The van der Waals surface area contributed by atoms with Crippen LogP contribution < -0.4 is 15.4 Å². The van der Waals surface area contributed by atoms with Gasteiger partial charge in [-0.3, -0.25) is 9.79 Å². The minimum absolute atomic E-state index is 0.253. The van der Waals surface area contributed by atoms with Crippen molar-refractivity contribution in [1.82, 2.24) is 10.6 Å². The third-order valence-electron chi connectivity index (χ3n) is 3.34. The van der Waals surface area contributed by atoms with Crippen LogP contribution in [0.2, 0.25) is 0 Å². The van der Waals surface area contributed by atoms with Gasteiger partial charge in [0.05, 0.1) is 27.2 Å². The minimum atomic E-state index is -0.253. The molecule has 0 fully saturated rings. The number of esters is 1. The second-order valence-electron chi connectivity index (χ2n) is 5.07. The monoisotopic (exact) mass is 321 g/mol. The van der Waals surface area contributed by atoms with Crippen molar-refractivity contribution in [1.29, 1.82) is 0 Å². The van der Waals surface area contributed by atoms with Crippen molar-refractivity contribution in [2.45, 2.75) is 26.7 Å². The van der Waals surface area contributed by atoms with Crippen molar-refractivity contribution in [3.05, 3.63) is 29.3 Å². The molecule has 0 aliphatic heterocycles. The molecule has 6 nitrogen and oxygen atoms in total. The molecule has 0 radical (unpaired) electrons. The van der Waals surface area contributed by atoms with E-state index in [4.69, 9.17) is 4.74 Å². The lowest BCUT2D eigenvalue weighted by Gasteiger charge is -2.12. The quantitative estimate of drug-likeness (QED) is 0.433. The zero-order valence-corrected chi connectivity index (χ0v) is 14.4. The highest BCUT2D eigenvalue weighted by atomic mass is 16.5. The molecule has 1 aromatic carbocycles. The van der Waals surface area contributed by atoms with Crippen LogP contribution in [0.1, 0.15) is 24.5 Å². The first kappa shape index (κ1) is 18.8. The highest BCUT2D eigenvalue weighted by molar-refractivity contribution is 5.80. The maximum Gasteiger partial charge on any atom is 0.307 e. The molecular formula is C17H27N3O3. The van der Waals surface area contributed by atoms with Crippen molar-refractivity contribution in [2.24, 2.45) is 4.99 Å². The smallest absolute Gasteiger partial charge is 0.307 e. The summed E-state index contributed by atoms with van der Waals surface area (Å²) in [4.78, 5) is 15.4. The van der Waals surface area contributed by atoms with Crippen LogP contribution in [-0.4, -0.2) is 45.8 Å². The van der Waals surface area contributed by atoms with Gasteiger partial charge in [0.15, 0.2) is 5.96 Å². The summed E-state index contributed by atoms with van der Waals surface area (Å²) in [6.45, 7) is 5.94. The van der Waals surface area contributed by atoms with Gasteiger partial charge in [0.1, 0.15) is 5.75 Å². The highest BCUT2D eigenvalue weighted by Crippen LogP contribution is 2.18. The van der Waals surface area contributed by atoms with Gasteiger partial charge in [0, 0.05) is 13.1 Å². The van der Waals surface area contributed by atoms with Crippen LogP contribution in [-0.2, 0) is 16.0 Å². The lowest BCUT2D eigenvalue weighted by Crippen LogP contribution is -2.38. The first-order valence-electron chi connectivity index (χ1n) is 7.83. The third-order valence-corrected chi connectivity index (χ3v) is 3.34. The van der Waals surface area contributed by atoms with Crippen LogP contribution in [0.15, 0.2) is 23.2 Å². The molecule has 2 N–H and O–H groups in total. The molecule has 128 valence electrons. The molecule has 6 heteroatoms. The van der Waals surface area contributed by atoms with Gasteiger partial charge in [0.25, 0.3) is 0 Å². The SMILES string of the molecule is CCNC(=NCCC(=O)OC)NCCc1ccc(C)c(OC)c1. The number of nitrogens with zero attached hydrogens (tertiary/aromatic N) is 1. The topological polar surface area (TPSA) is 72.0 Å². The molecule has 0 saturated heterocycles. The Balaban J connectivity index is 2.48. The molecular weight excluding hydrogens is 294 g/mol. The molecule has 0 aromatic heterocycles. The Labute approximate surface area is 138 Å². The van der Waals surface area contributed by atoms with E-state index in [1.54, 1.807) is 7.11 Å². The largest absolute Gasteiger partial charge is 0.496 e. The fourth-order valence-electron chi connectivity index (χ4n) is 2.05. The predicted molar refractivity (Wildman–Crippen MR) is 92.0 cm³/mol. The van der Waals surface area contributed by atoms with Gasteiger partial charge in [-0.2, -0.15) is 0 Å². The summed E-state index contributed by atoms with van der Waals surface area (Å²) >= 11 is 0. The Bertz CT molecular complexity index is 530. The van der Waals surface area contributed by atoms with Gasteiger partial charge in [0.2, 0.25) is 0 Å². The van der Waals surface area contributed by atoms with Crippen LogP contribution in [0.3, 0.4) is 0 Å². The summed E-state index contributed by atoms with van der Waals surface area (Å²) in [5, 5.41) is 6.41. The number of carbonyl (C=O) groups is 1. The maximum absolute atomic E-state index is 11.1. The summed E-state index contributed by atoms with van der Waals surface area (Å²) in [7, 11) is 3.06. The first-order chi connectivity index (χ1) is 11.1. The van der Waals surface area contributed by atoms with Crippen molar-refractivity contribution >= 4 is 11.9 Å². The van der Waals surface area contributed by atoms with Crippen molar-refractivity contribution < 1.29 is 14.3 Å². The molecule has 1 aromatic rings. The Hall–Kier alpha value is -2.24. The summed E-state index contributed by atoms with van der Waals surface area (Å²) in [5.41, 5.74) is 2.33. The number of carbonyl (C=O) groups excluding carboxylic acids is 1. The van der Waals surface area contributed by atoms with Crippen LogP contribution >= 0.6 is 0 Å². The number of ether oxygens (including phenoxy) is 2. The minimum Gasteiger partial charge on any atom is -0.496 e. The van der Waals surface area contributed by atoms with E-state index in [2.05, 4.69) is 38.6 Å². The number of nitrogens with one attached hydrogen (secondary N) is 2. The standard InChI is InChI=1S/C17H27N3O3/c1-5-18-17(20-11-9-16(21)23-4)19-10-8-14-7-6-13(2)15(12-14)22-3/h6-7,12H,5,8-11H2,1-4H3,(H2,18,19,20). The number of benzene rings is 1. The Morgan fingerprint density at radius 1 is 1.26 bits per heavy atom. The van der Waals surface area contributed by atoms with Gasteiger partial charge >= 0.3 is 5.97 Å². The van der Waals surface area contributed by atoms with E-state index in [0.717, 1.165) is 30.8 Å². The summed E-state index contributed by atoms with van der Waals surface area (Å²) in [6.07, 6.45) is 1.14. The molecule has 0 saturated carbocycles. The molecule has 0 unspecified atom stereocenters. The Kier molecular flexibility index (Phi) is 8.57. The second-order valence-corrected chi connectivity index (χ2v) is 5.07. The molecule has 0 aliphatic rings. The number of aliphatic imine (C=N–C) groups is 1. The number of hydrogen-bond donors (Lipinski definition) is 2. The Morgan fingerprint density at radius 2 is 2.04 bits per heavy atom. The average Bonchev–Trinajstić information content (AvgIpc) is 2.56. The summed E-state index contributed by atoms with van der Waals surface area (Å²) < 4.78 is 9.94. The van der Waals surface area contributed by atoms with E-state index in [9.17, 15) is 4.79 Å². The number of aryl methyl sites for hydroxylation is 1. The van der Waals surface area contributed by atoms with Crippen molar-refractivity contribution in [3.8, 4) is 5.75 Å². The lowest BCUT2D eigenvalue weighted by atomic mass is 10.1. The molecule has 23 heavy (non-hydrogen) atoms. The zero-order valence-electron chi connectivity index (χ0n) is 14.4. The molecule has 0 aliphatic carbocycles. The predicted octanol–water partition coefficient (Wildman–Crippen LogP) is 1.66. The maximum atomic E-state index is 11.1. The van der Waals surface area contributed by atoms with E-state index < -0.39 is 0 Å². The number of hydrogen-bond acceptors (Lipinski definition) is 4. The van der Waals surface area contributed by atoms with Crippen LogP contribution in [0.5, 0.6) is 5.75 Å². The van der Waals surface area contributed by atoms with Crippen LogP contribution in [0, 0.1) is 6.92 Å². The van der Waals surface area contributed by atoms with Gasteiger partial charge in [-0.05, 0) is 37.5 Å². The zero-order chi connectivity index (χ0) is 17.1. The van der Waals surface area contributed by atoms with Gasteiger partial charge in [-0.25, -0.2) is 0 Å². The van der Waals surface area contributed by atoms with E-state index in [1.165, 1.54) is 12.7 Å². The molecule has 0 spiro atoms. The van der Waals surface area contributed by atoms with Crippen molar-refractivity contribution in [2.75, 3.05) is 33.9 Å². The molecule has 0 amide bonds. The fraction of sp³-hybridized carbons (Fsp3) is 0.529. The van der Waals surface area contributed by atoms with Gasteiger partial charge in [-0.15, -0.1) is 0 Å². The lowest BCUT2D eigenvalue weighted by molar-refractivity contribution is -0.140. The normalized spacial score (nSPS) is 11.0. The van der Waals surface area contributed by atoms with E-state index >= 15 is 0 Å². The van der Waals surface area contributed by atoms with Crippen LogP contribution in [0.4, 0.5) is 0 Å². The number of guanidine groups is 1. The molecule has 1 rings (SSSR count). The number of methoxy groups -OCH3 is 2. The van der Waals surface area contributed by atoms with E-state index in [1.807, 2.05) is 13.8 Å². The summed E-state index contributed by atoms with van der Waals surface area (Å²) in [6, 6.07) is 6.21. The number of rotatable bonds is 8. The first-order valence-corrected chi connectivity index (χ1v) is 7.83. The fourth-order valence-corrected chi connectivity index (χ4v) is 2.05. The van der Waals surface area contributed by atoms with Crippen LogP contribution in [0.25, 0.3) is 0 Å². The summed E-state index contributed by atoms with van der Waals surface area (Å²) in [5.74, 6) is 1.35. The van der Waals surface area contributed by atoms with E-state index in [0.29, 0.717) is 12.5 Å². The van der Waals surface area contributed by atoms with Gasteiger partial charge < -0.3 is 20.1 Å². The highest BCUT2D eigenvalue weighted by Gasteiger charge is 2.03. The molecule has 0 bridgehead atoms. The van der Waals surface area contributed by atoms with Gasteiger partial charge in [-0.1, -0.05) is 12.1 Å². The van der Waals surface area contributed by atoms with Crippen molar-refractivity contribution in [3.63, 3.8) is 0 Å². The molecule has 0 heterocycles. The Morgan fingerprint density at radius 3 is 2.70 bits per heavy atom. The third kappa shape index (κ3) is 7.04. The molecule has 0 atom stereocenters. The second kappa shape index (κ2) is 10.5. The van der Waals surface area contributed by atoms with E-state index in [-0.39, 0.29) is 12.4 Å².